The average molecular weight is 631 g/mol. The van der Waals surface area contributed by atoms with E-state index in [2.05, 4.69) is 164 Å². The number of hydrogen-bond donors (Lipinski definition) is 0. The molecule has 0 atom stereocenters. The maximum absolute atomic E-state index is 2.37. The molecule has 4 heteroatoms. The molecular formula is C36H27AsS3. The van der Waals surface area contributed by atoms with Crippen molar-refractivity contribution in [2.45, 2.75) is 29.4 Å². The van der Waals surface area contributed by atoms with Gasteiger partial charge in [-0.3, -0.25) is 0 Å². The second-order valence-electron chi connectivity index (χ2n) is 8.98. The van der Waals surface area contributed by atoms with Crippen LogP contribution in [0.5, 0.6) is 0 Å². The first-order valence-electron chi connectivity index (χ1n) is 13.1. The van der Waals surface area contributed by atoms with Gasteiger partial charge in [-0.15, -0.1) is 0 Å². The molecule has 0 heterocycles. The van der Waals surface area contributed by atoms with E-state index in [9.17, 15) is 0 Å². The van der Waals surface area contributed by atoms with E-state index in [0.717, 1.165) is 0 Å². The van der Waals surface area contributed by atoms with Crippen LogP contribution in [0.1, 0.15) is 0 Å². The molecule has 0 nitrogen and oxygen atoms in total. The van der Waals surface area contributed by atoms with Crippen LogP contribution >= 0.6 is 35.3 Å². The summed E-state index contributed by atoms with van der Waals surface area (Å²) in [7, 11) is 0. The second-order valence-corrected chi connectivity index (χ2v) is 16.8. The van der Waals surface area contributed by atoms with Crippen molar-refractivity contribution in [2.24, 2.45) is 0 Å². The Labute approximate surface area is 254 Å². The molecule has 0 bridgehead atoms. The minimum absolute atomic E-state index is 1.27. The third-order valence-electron chi connectivity index (χ3n) is 6.23. The molecule has 40 heavy (non-hydrogen) atoms. The first kappa shape index (κ1) is 27.1. The Bertz CT molecular complexity index is 1470. The molecule has 6 aromatic carbocycles. The van der Waals surface area contributed by atoms with Gasteiger partial charge in [-0.2, -0.15) is 0 Å². The molecule has 0 saturated carbocycles. The summed E-state index contributed by atoms with van der Waals surface area (Å²) in [4.78, 5) is 7.82. The Morgan fingerprint density at radius 2 is 0.525 bits per heavy atom. The van der Waals surface area contributed by atoms with Crippen LogP contribution in [0.3, 0.4) is 0 Å². The summed E-state index contributed by atoms with van der Waals surface area (Å²) >= 11 is 3.61. The van der Waals surface area contributed by atoms with Crippen LogP contribution in [0, 0.1) is 0 Å². The van der Waals surface area contributed by atoms with E-state index < -0.39 is 14.7 Å². The van der Waals surface area contributed by atoms with Gasteiger partial charge in [-0.1, -0.05) is 0 Å². The molecule has 0 saturated heterocycles. The molecule has 0 aromatic heterocycles. The van der Waals surface area contributed by atoms with E-state index in [1.807, 2.05) is 35.3 Å². The predicted molar refractivity (Wildman–Crippen MR) is 176 cm³/mol. The topological polar surface area (TPSA) is 0 Å². The van der Waals surface area contributed by atoms with Crippen molar-refractivity contribution >= 4 is 63.0 Å². The Kier molecular flexibility index (Phi) is 9.17. The van der Waals surface area contributed by atoms with Gasteiger partial charge < -0.3 is 0 Å². The van der Waals surface area contributed by atoms with E-state index in [1.54, 1.807) is 0 Å². The van der Waals surface area contributed by atoms with Gasteiger partial charge in [0.15, 0.2) is 0 Å². The zero-order valence-electron chi connectivity index (χ0n) is 21.8. The zero-order valence-corrected chi connectivity index (χ0v) is 26.1. The average Bonchev–Trinajstić information content (AvgIpc) is 3.01. The normalized spacial score (nSPS) is 11.0. The molecule has 6 aromatic rings. The van der Waals surface area contributed by atoms with Crippen molar-refractivity contribution < 1.29 is 0 Å². The summed E-state index contributed by atoms with van der Waals surface area (Å²) in [6.07, 6.45) is 0. The van der Waals surface area contributed by atoms with Gasteiger partial charge in [0.2, 0.25) is 0 Å². The van der Waals surface area contributed by atoms with E-state index in [-0.39, 0.29) is 0 Å². The first-order chi connectivity index (χ1) is 19.8. The third kappa shape index (κ3) is 6.62. The van der Waals surface area contributed by atoms with Crippen LogP contribution < -0.4 is 13.1 Å². The van der Waals surface area contributed by atoms with E-state index in [4.69, 9.17) is 0 Å². The Morgan fingerprint density at radius 3 is 0.825 bits per heavy atom. The first-order valence-corrected chi connectivity index (χ1v) is 18.4. The number of rotatable bonds is 9. The second kappa shape index (κ2) is 13.5. The van der Waals surface area contributed by atoms with Crippen molar-refractivity contribution in [3.05, 3.63) is 164 Å². The van der Waals surface area contributed by atoms with Crippen LogP contribution in [0.2, 0.25) is 0 Å². The van der Waals surface area contributed by atoms with Gasteiger partial charge in [0.25, 0.3) is 0 Å². The summed E-state index contributed by atoms with van der Waals surface area (Å²) in [5, 5.41) is 0. The van der Waals surface area contributed by atoms with E-state index in [1.165, 1.54) is 42.4 Å². The quantitative estimate of drug-likeness (QED) is 0.147. The fraction of sp³-hybridized carbons (Fsp3) is 0. The molecule has 0 spiro atoms. The maximum atomic E-state index is 2.37. The molecule has 0 amide bonds. The van der Waals surface area contributed by atoms with Gasteiger partial charge in [-0.25, -0.2) is 0 Å². The summed E-state index contributed by atoms with van der Waals surface area (Å²) in [5.74, 6) is 0. The van der Waals surface area contributed by atoms with Crippen molar-refractivity contribution in [2.75, 3.05) is 0 Å². The standard InChI is InChI=1S/C36H27AsS3/c1-4-16-28(17-5-1)38-34-25-13-10-22-31(34)37(32-23-11-14-26-35(32)39-29-18-6-2-7-19-29)33-24-12-15-27-36(33)40-30-20-8-3-9-21-30/h1-27H. The van der Waals surface area contributed by atoms with Crippen molar-refractivity contribution in [1.29, 1.82) is 0 Å². The summed E-state index contributed by atoms with van der Waals surface area (Å²) in [6, 6.07) is 59.4. The van der Waals surface area contributed by atoms with E-state index in [0.29, 0.717) is 0 Å². The molecule has 6 rings (SSSR count). The van der Waals surface area contributed by atoms with Gasteiger partial charge in [0, 0.05) is 0 Å². The van der Waals surface area contributed by atoms with Gasteiger partial charge in [0.05, 0.1) is 0 Å². The van der Waals surface area contributed by atoms with Crippen LogP contribution in [0.4, 0.5) is 0 Å². The number of benzene rings is 6. The van der Waals surface area contributed by atoms with E-state index >= 15 is 0 Å². The van der Waals surface area contributed by atoms with Crippen molar-refractivity contribution in [3.63, 3.8) is 0 Å². The summed E-state index contributed by atoms with van der Waals surface area (Å²) < 4.78 is 4.39. The summed E-state index contributed by atoms with van der Waals surface area (Å²) in [5.41, 5.74) is 0. The van der Waals surface area contributed by atoms with Crippen LogP contribution in [-0.2, 0) is 0 Å². The predicted octanol–water partition coefficient (Wildman–Crippen LogP) is 8.66. The zero-order chi connectivity index (χ0) is 27.0. The number of hydrogen-bond acceptors (Lipinski definition) is 3. The van der Waals surface area contributed by atoms with Gasteiger partial charge >= 0.3 is 256 Å². The van der Waals surface area contributed by atoms with Gasteiger partial charge in [0.1, 0.15) is 0 Å². The SMILES string of the molecule is c1ccc(Sc2ccccc2[As](c2ccccc2Sc2ccccc2)c2ccccc2Sc2ccccc2)cc1. The van der Waals surface area contributed by atoms with Crippen LogP contribution in [0.15, 0.2) is 193 Å². The molecule has 0 unspecified atom stereocenters. The van der Waals surface area contributed by atoms with Crippen LogP contribution in [0.25, 0.3) is 0 Å². The van der Waals surface area contributed by atoms with Crippen molar-refractivity contribution in [1.82, 2.24) is 0 Å². The third-order valence-corrected chi connectivity index (χ3v) is 16.0. The molecule has 0 radical (unpaired) electrons. The molecule has 0 N–H and O–H groups in total. The Hall–Kier alpha value is -3.07. The monoisotopic (exact) mass is 630 g/mol. The molecule has 0 aliphatic heterocycles. The van der Waals surface area contributed by atoms with Gasteiger partial charge in [-0.05, 0) is 0 Å². The fourth-order valence-corrected chi connectivity index (χ4v) is 14.3. The molecule has 0 fully saturated rings. The summed E-state index contributed by atoms with van der Waals surface area (Å²) in [6.45, 7) is 0. The van der Waals surface area contributed by atoms with Crippen LogP contribution in [-0.4, -0.2) is 14.7 Å². The molecular weight excluding hydrogens is 604 g/mol. The molecule has 194 valence electrons. The minimum atomic E-state index is -2.01. The van der Waals surface area contributed by atoms with Crippen molar-refractivity contribution in [3.8, 4) is 0 Å². The Morgan fingerprint density at radius 1 is 0.275 bits per heavy atom. The Balaban J connectivity index is 1.52. The molecule has 0 aliphatic rings. The fourth-order valence-electron chi connectivity index (χ4n) is 4.42. The molecule has 0 aliphatic carbocycles.